The van der Waals surface area contributed by atoms with Crippen LogP contribution in [0, 0.1) is 0 Å². The Labute approximate surface area is 167 Å². The van der Waals surface area contributed by atoms with Crippen LogP contribution >= 0.6 is 11.6 Å². The number of rotatable bonds is 7. The summed E-state index contributed by atoms with van der Waals surface area (Å²) in [5.74, 6) is -0.0352. The van der Waals surface area contributed by atoms with Crippen LogP contribution in [0.4, 0.5) is 5.69 Å². The highest BCUT2D eigenvalue weighted by molar-refractivity contribution is 7.88. The molecule has 0 aliphatic carbocycles. The maximum atomic E-state index is 12.2. The van der Waals surface area contributed by atoms with E-state index in [1.165, 1.54) is 5.69 Å². The molecule has 3 rings (SSSR count). The molecule has 2 aromatic rings. The molecule has 0 spiro atoms. The van der Waals surface area contributed by atoms with E-state index in [0.29, 0.717) is 18.0 Å². The molecule has 0 radical (unpaired) electrons. The van der Waals surface area contributed by atoms with Gasteiger partial charge in [0.2, 0.25) is 10.0 Å². The van der Waals surface area contributed by atoms with E-state index in [2.05, 4.69) is 45.8 Å². The Hall–Kier alpha value is -1.60. The number of anilines is 1. The quantitative estimate of drug-likeness (QED) is 0.766. The molecule has 7 heteroatoms. The van der Waals surface area contributed by atoms with Gasteiger partial charge in [-0.3, -0.25) is 0 Å². The van der Waals surface area contributed by atoms with Crippen LogP contribution in [0.25, 0.3) is 0 Å². The summed E-state index contributed by atoms with van der Waals surface area (Å²) in [6.45, 7) is 4.64. The molecule has 0 atom stereocenters. The van der Waals surface area contributed by atoms with Gasteiger partial charge in [-0.25, -0.2) is 13.1 Å². The molecule has 1 aliphatic heterocycles. The van der Waals surface area contributed by atoms with E-state index >= 15 is 0 Å². The normalized spacial score (nSPS) is 15.9. The largest absolute Gasteiger partial charge is 0.369 e. The Morgan fingerprint density at radius 1 is 0.926 bits per heavy atom. The molecule has 2 aromatic carbocycles. The zero-order valence-corrected chi connectivity index (χ0v) is 17.1. The van der Waals surface area contributed by atoms with E-state index in [1.807, 2.05) is 0 Å². The predicted octanol–water partition coefficient (Wildman–Crippen LogP) is 2.75. The van der Waals surface area contributed by atoms with Crippen LogP contribution < -0.4 is 9.62 Å². The van der Waals surface area contributed by atoms with Crippen LogP contribution in [0.2, 0.25) is 5.02 Å². The molecule has 0 bridgehead atoms. The van der Waals surface area contributed by atoms with Gasteiger partial charge in [0.25, 0.3) is 0 Å². The number of nitrogens with one attached hydrogen (secondary N) is 1. The van der Waals surface area contributed by atoms with Crippen molar-refractivity contribution in [1.82, 2.24) is 9.62 Å². The minimum Gasteiger partial charge on any atom is -0.369 e. The fourth-order valence-electron chi connectivity index (χ4n) is 3.14. The average molecular weight is 408 g/mol. The second-order valence-corrected chi connectivity index (χ2v) is 9.23. The zero-order chi connectivity index (χ0) is 19.3. The standard InChI is InChI=1S/C20H26ClN3O2S/c1-23-12-14-24(15-13-23)20-8-4-17(5-9-20)10-11-22-27(25,26)16-18-2-6-19(21)7-3-18/h2-9,22H,10-16H2,1H3. The first-order valence-electron chi connectivity index (χ1n) is 9.15. The van der Waals surface area contributed by atoms with Gasteiger partial charge in [0.15, 0.2) is 0 Å². The Morgan fingerprint density at radius 2 is 1.52 bits per heavy atom. The minimum atomic E-state index is -3.35. The number of likely N-dealkylation sites (N-methyl/N-ethyl adjacent to an activating group) is 1. The van der Waals surface area contributed by atoms with Gasteiger partial charge in [0.05, 0.1) is 5.75 Å². The van der Waals surface area contributed by atoms with Crippen LogP contribution in [-0.2, 0) is 22.2 Å². The fraction of sp³-hybridized carbons (Fsp3) is 0.400. The van der Waals surface area contributed by atoms with Crippen LogP contribution in [0.5, 0.6) is 0 Å². The molecule has 1 aliphatic rings. The number of piperazine rings is 1. The van der Waals surface area contributed by atoms with E-state index in [-0.39, 0.29) is 5.75 Å². The summed E-state index contributed by atoms with van der Waals surface area (Å²) in [5.41, 5.74) is 3.08. The SMILES string of the molecule is CN1CCN(c2ccc(CCNS(=O)(=O)Cc3ccc(Cl)cc3)cc2)CC1. The molecule has 0 saturated carbocycles. The molecular weight excluding hydrogens is 382 g/mol. The number of halogens is 1. The van der Waals surface area contributed by atoms with E-state index in [1.54, 1.807) is 24.3 Å². The molecule has 1 saturated heterocycles. The lowest BCUT2D eigenvalue weighted by atomic mass is 10.1. The highest BCUT2D eigenvalue weighted by Gasteiger charge is 2.14. The van der Waals surface area contributed by atoms with Crippen molar-refractivity contribution in [3.8, 4) is 0 Å². The van der Waals surface area contributed by atoms with E-state index < -0.39 is 10.0 Å². The molecule has 146 valence electrons. The van der Waals surface area contributed by atoms with Crippen molar-refractivity contribution in [1.29, 1.82) is 0 Å². The van der Waals surface area contributed by atoms with Crippen LogP contribution in [0.3, 0.4) is 0 Å². The summed E-state index contributed by atoms with van der Waals surface area (Å²) >= 11 is 5.83. The zero-order valence-electron chi connectivity index (χ0n) is 15.6. The Kier molecular flexibility index (Phi) is 6.76. The van der Waals surface area contributed by atoms with E-state index in [9.17, 15) is 8.42 Å². The van der Waals surface area contributed by atoms with Crippen molar-refractivity contribution >= 4 is 27.3 Å². The van der Waals surface area contributed by atoms with Crippen molar-refractivity contribution in [2.75, 3.05) is 44.7 Å². The molecule has 1 fully saturated rings. The molecule has 1 N–H and O–H groups in total. The third-order valence-corrected chi connectivity index (χ3v) is 6.42. The van der Waals surface area contributed by atoms with Crippen molar-refractivity contribution in [3.63, 3.8) is 0 Å². The first-order chi connectivity index (χ1) is 12.9. The van der Waals surface area contributed by atoms with E-state index in [0.717, 1.165) is 37.3 Å². The molecule has 5 nitrogen and oxygen atoms in total. The van der Waals surface area contributed by atoms with Crippen molar-refractivity contribution in [2.45, 2.75) is 12.2 Å². The van der Waals surface area contributed by atoms with Gasteiger partial charge in [-0.05, 0) is 48.9 Å². The van der Waals surface area contributed by atoms with Gasteiger partial charge in [-0.1, -0.05) is 35.9 Å². The summed E-state index contributed by atoms with van der Waals surface area (Å²) in [4.78, 5) is 4.72. The third kappa shape index (κ3) is 6.21. The molecule has 0 amide bonds. The molecule has 27 heavy (non-hydrogen) atoms. The summed E-state index contributed by atoms with van der Waals surface area (Å²) in [5, 5.41) is 0.601. The van der Waals surface area contributed by atoms with Crippen LogP contribution in [0.15, 0.2) is 48.5 Å². The monoisotopic (exact) mass is 407 g/mol. The van der Waals surface area contributed by atoms with Gasteiger partial charge in [0.1, 0.15) is 0 Å². The average Bonchev–Trinajstić information content (AvgIpc) is 2.65. The number of hydrogen-bond acceptors (Lipinski definition) is 4. The molecule has 0 unspecified atom stereocenters. The van der Waals surface area contributed by atoms with Crippen LogP contribution in [0.1, 0.15) is 11.1 Å². The maximum Gasteiger partial charge on any atom is 0.215 e. The molecule has 1 heterocycles. The molecular formula is C20H26ClN3O2S. The molecule has 0 aromatic heterocycles. The number of hydrogen-bond donors (Lipinski definition) is 1. The van der Waals surface area contributed by atoms with Gasteiger partial charge in [-0.15, -0.1) is 0 Å². The van der Waals surface area contributed by atoms with Crippen LogP contribution in [-0.4, -0.2) is 53.1 Å². The van der Waals surface area contributed by atoms with Crippen molar-refractivity contribution in [3.05, 3.63) is 64.7 Å². The van der Waals surface area contributed by atoms with Crippen molar-refractivity contribution in [2.24, 2.45) is 0 Å². The smallest absolute Gasteiger partial charge is 0.215 e. The summed E-state index contributed by atoms with van der Waals surface area (Å²) in [6, 6.07) is 15.3. The Morgan fingerprint density at radius 3 is 2.15 bits per heavy atom. The van der Waals surface area contributed by atoms with Gasteiger partial charge < -0.3 is 9.80 Å². The van der Waals surface area contributed by atoms with Gasteiger partial charge >= 0.3 is 0 Å². The fourth-order valence-corrected chi connectivity index (χ4v) is 4.41. The first-order valence-corrected chi connectivity index (χ1v) is 11.2. The summed E-state index contributed by atoms with van der Waals surface area (Å²) in [7, 11) is -1.21. The lowest BCUT2D eigenvalue weighted by Gasteiger charge is -2.34. The van der Waals surface area contributed by atoms with Gasteiger partial charge in [0, 0.05) is 43.4 Å². The highest BCUT2D eigenvalue weighted by atomic mass is 35.5. The highest BCUT2D eigenvalue weighted by Crippen LogP contribution is 2.17. The van der Waals surface area contributed by atoms with E-state index in [4.69, 9.17) is 11.6 Å². The lowest BCUT2D eigenvalue weighted by Crippen LogP contribution is -2.44. The minimum absolute atomic E-state index is 0.0352. The number of nitrogens with zero attached hydrogens (tertiary/aromatic N) is 2. The second-order valence-electron chi connectivity index (χ2n) is 6.99. The van der Waals surface area contributed by atoms with Crippen molar-refractivity contribution < 1.29 is 8.42 Å². The number of benzene rings is 2. The number of sulfonamides is 1. The summed E-state index contributed by atoms with van der Waals surface area (Å²) < 4.78 is 27.1. The lowest BCUT2D eigenvalue weighted by molar-refractivity contribution is 0.313. The third-order valence-electron chi connectivity index (χ3n) is 4.81. The predicted molar refractivity (Wildman–Crippen MR) is 112 cm³/mol. The summed E-state index contributed by atoms with van der Waals surface area (Å²) in [6.07, 6.45) is 0.670. The first kappa shape index (κ1) is 20.1. The maximum absolute atomic E-state index is 12.2. The topological polar surface area (TPSA) is 52.6 Å². The Bertz CT molecular complexity index is 831. The second kappa shape index (κ2) is 9.06. The Balaban J connectivity index is 1.47. The van der Waals surface area contributed by atoms with Gasteiger partial charge in [-0.2, -0.15) is 0 Å².